The highest BCUT2D eigenvalue weighted by Crippen LogP contribution is 2.29. The van der Waals surface area contributed by atoms with Crippen molar-refractivity contribution in [3.8, 4) is 6.07 Å². The second-order valence-corrected chi connectivity index (χ2v) is 6.85. The first-order valence-corrected chi connectivity index (χ1v) is 8.85. The molecule has 1 saturated heterocycles. The van der Waals surface area contributed by atoms with Gasteiger partial charge in [0.1, 0.15) is 11.2 Å². The molecule has 3 aromatic heterocycles. The van der Waals surface area contributed by atoms with E-state index < -0.39 is 0 Å². The predicted molar refractivity (Wildman–Crippen MR) is 99.4 cm³/mol. The van der Waals surface area contributed by atoms with E-state index in [-0.39, 0.29) is 6.17 Å². The van der Waals surface area contributed by atoms with Crippen LogP contribution in [0.2, 0.25) is 0 Å². The number of pyridine rings is 1. The molecule has 2 atom stereocenters. The molecule has 128 valence electrons. The third-order valence-corrected chi connectivity index (χ3v) is 5.24. The van der Waals surface area contributed by atoms with Crippen molar-refractivity contribution in [2.24, 2.45) is 0 Å². The Bertz CT molecular complexity index is 1110. The van der Waals surface area contributed by atoms with Crippen LogP contribution in [0.4, 0.5) is 0 Å². The molecule has 0 amide bonds. The van der Waals surface area contributed by atoms with E-state index in [1.54, 1.807) is 0 Å². The largest absolute Gasteiger partial charge is 0.346 e. The maximum Gasteiger partial charge on any atom is 0.139 e. The molecule has 0 aliphatic carbocycles. The lowest BCUT2D eigenvalue weighted by molar-refractivity contribution is 0.447. The van der Waals surface area contributed by atoms with Crippen molar-refractivity contribution in [1.82, 2.24) is 24.8 Å². The molecule has 26 heavy (non-hydrogen) atoms. The highest BCUT2D eigenvalue weighted by Gasteiger charge is 2.26. The van der Waals surface area contributed by atoms with E-state index in [0.29, 0.717) is 11.6 Å². The summed E-state index contributed by atoms with van der Waals surface area (Å²) < 4.78 is 2.24. The summed E-state index contributed by atoms with van der Waals surface area (Å²) in [4.78, 5) is 12.1. The van der Waals surface area contributed by atoms with Crippen LogP contribution in [0.3, 0.4) is 0 Å². The molecule has 0 spiro atoms. The zero-order chi connectivity index (χ0) is 17.5. The minimum Gasteiger partial charge on any atom is -0.346 e. The minimum absolute atomic E-state index is 0.240. The molecule has 4 heterocycles. The van der Waals surface area contributed by atoms with Crippen molar-refractivity contribution >= 4 is 22.1 Å². The maximum absolute atomic E-state index is 8.92. The highest BCUT2D eigenvalue weighted by atomic mass is 15.2. The number of nitriles is 1. The summed E-state index contributed by atoms with van der Waals surface area (Å²) in [5, 5.41) is 13.8. The summed E-state index contributed by atoms with van der Waals surface area (Å²) >= 11 is 0. The Kier molecular flexibility index (Phi) is 3.47. The molecule has 2 N–H and O–H groups in total. The summed E-state index contributed by atoms with van der Waals surface area (Å²) in [6, 6.07) is 12.5. The Morgan fingerprint density at radius 1 is 1.15 bits per heavy atom. The fourth-order valence-electron chi connectivity index (χ4n) is 3.95. The summed E-state index contributed by atoms with van der Waals surface area (Å²) in [7, 11) is 0. The monoisotopic (exact) mass is 342 g/mol. The molecule has 6 nitrogen and oxygen atoms in total. The van der Waals surface area contributed by atoms with Crippen LogP contribution < -0.4 is 5.32 Å². The first-order valence-electron chi connectivity index (χ1n) is 8.85. The highest BCUT2D eigenvalue weighted by molar-refractivity contribution is 6.00. The van der Waals surface area contributed by atoms with Crippen LogP contribution in [0.15, 0.2) is 49.1 Å². The van der Waals surface area contributed by atoms with E-state index in [4.69, 9.17) is 5.26 Å². The number of H-pyrrole nitrogens is 1. The van der Waals surface area contributed by atoms with Crippen LogP contribution in [0, 0.1) is 11.3 Å². The molecule has 4 aromatic rings. The van der Waals surface area contributed by atoms with Crippen molar-refractivity contribution < 1.29 is 0 Å². The van der Waals surface area contributed by atoms with Crippen molar-refractivity contribution in [3.63, 3.8) is 0 Å². The summed E-state index contributed by atoms with van der Waals surface area (Å²) in [6.07, 6.45) is 9.06. The lowest BCUT2D eigenvalue weighted by Crippen LogP contribution is -2.29. The molecule has 1 unspecified atom stereocenters. The Labute approximate surface area is 150 Å². The number of fused-ring (bicyclic) bond motifs is 3. The van der Waals surface area contributed by atoms with Crippen LogP contribution in [0.5, 0.6) is 0 Å². The molecular weight excluding hydrogens is 324 g/mol. The van der Waals surface area contributed by atoms with Gasteiger partial charge in [-0.2, -0.15) is 5.26 Å². The smallest absolute Gasteiger partial charge is 0.139 e. The number of rotatable bonds is 3. The van der Waals surface area contributed by atoms with E-state index >= 15 is 0 Å². The topological polar surface area (TPSA) is 82.3 Å². The molecule has 1 aromatic carbocycles. The number of hydrogen-bond donors (Lipinski definition) is 2. The van der Waals surface area contributed by atoms with E-state index in [9.17, 15) is 0 Å². The van der Waals surface area contributed by atoms with Crippen LogP contribution in [0.1, 0.15) is 30.1 Å². The minimum atomic E-state index is 0.240. The van der Waals surface area contributed by atoms with Crippen LogP contribution in [-0.2, 0) is 6.42 Å². The fourth-order valence-corrected chi connectivity index (χ4v) is 3.95. The number of hydrogen-bond acceptors (Lipinski definition) is 4. The fraction of sp³-hybridized carbons (Fsp3) is 0.250. The molecule has 0 saturated carbocycles. The quantitative estimate of drug-likeness (QED) is 0.598. The summed E-state index contributed by atoms with van der Waals surface area (Å²) in [5.74, 6) is 0. The summed E-state index contributed by atoms with van der Waals surface area (Å²) in [6.45, 7) is 0. The second-order valence-electron chi connectivity index (χ2n) is 6.85. The normalized spacial score (nSPS) is 20.0. The van der Waals surface area contributed by atoms with Crippen molar-refractivity contribution in [1.29, 1.82) is 5.26 Å². The van der Waals surface area contributed by atoms with Gasteiger partial charge >= 0.3 is 0 Å². The van der Waals surface area contributed by atoms with Gasteiger partial charge in [0.2, 0.25) is 0 Å². The molecule has 1 aliphatic heterocycles. The first kappa shape index (κ1) is 15.1. The molecule has 6 heteroatoms. The van der Waals surface area contributed by atoms with Crippen LogP contribution in [0.25, 0.3) is 22.1 Å². The third kappa shape index (κ3) is 2.45. The zero-order valence-electron chi connectivity index (χ0n) is 14.2. The Balaban J connectivity index is 1.39. The van der Waals surface area contributed by atoms with Gasteiger partial charge in [0, 0.05) is 17.6 Å². The van der Waals surface area contributed by atoms with Gasteiger partial charge in [-0.15, -0.1) is 0 Å². The number of aromatic amines is 1. The van der Waals surface area contributed by atoms with Gasteiger partial charge in [0.25, 0.3) is 0 Å². The van der Waals surface area contributed by atoms with Gasteiger partial charge in [-0.25, -0.2) is 9.97 Å². The third-order valence-electron chi connectivity index (χ3n) is 5.24. The predicted octanol–water partition coefficient (Wildman–Crippen LogP) is 3.28. The van der Waals surface area contributed by atoms with Gasteiger partial charge in [-0.05, 0) is 43.0 Å². The Hall–Kier alpha value is -3.17. The van der Waals surface area contributed by atoms with Gasteiger partial charge in [0.05, 0.1) is 35.8 Å². The Morgan fingerprint density at radius 2 is 2.04 bits per heavy atom. The molecule has 5 rings (SSSR count). The number of nitrogens with one attached hydrogen (secondary N) is 2. The number of nitrogens with zero attached hydrogens (tertiary/aromatic N) is 4. The molecule has 1 aliphatic rings. The van der Waals surface area contributed by atoms with E-state index in [0.717, 1.165) is 41.3 Å². The van der Waals surface area contributed by atoms with Crippen molar-refractivity contribution in [2.75, 3.05) is 0 Å². The van der Waals surface area contributed by atoms with Gasteiger partial charge < -0.3 is 9.55 Å². The lowest BCUT2D eigenvalue weighted by atomic mass is 10.0. The van der Waals surface area contributed by atoms with Crippen molar-refractivity contribution in [3.05, 3.63) is 60.2 Å². The molecule has 0 radical (unpaired) electrons. The summed E-state index contributed by atoms with van der Waals surface area (Å²) in [5.41, 5.74) is 4.92. The zero-order valence-corrected chi connectivity index (χ0v) is 14.2. The molecule has 1 fully saturated rings. The Morgan fingerprint density at radius 3 is 2.88 bits per heavy atom. The van der Waals surface area contributed by atoms with Gasteiger partial charge in [-0.1, -0.05) is 12.1 Å². The first-order chi connectivity index (χ1) is 12.8. The maximum atomic E-state index is 8.92. The SMILES string of the molecule is N#Cc1ccc(CC2CC[C@@H](n3cnc4cnc5[nH]ccc5c43)N2)cc1. The van der Waals surface area contributed by atoms with E-state index in [1.165, 1.54) is 5.56 Å². The van der Waals surface area contributed by atoms with E-state index in [1.807, 2.05) is 30.9 Å². The lowest BCUT2D eigenvalue weighted by Gasteiger charge is -2.17. The standard InChI is InChI=1S/C20H18N6/c21-10-14-3-1-13(2-4-14)9-15-5-6-18(25-15)26-12-24-17-11-23-20-16(19(17)26)7-8-22-20/h1-4,7-8,11-12,15,18,25H,5-6,9H2,(H,22,23)/t15?,18-/m1/s1. The van der Waals surface area contributed by atoms with Gasteiger partial charge in [-0.3, -0.25) is 5.32 Å². The molecular formula is C20H18N6. The number of aromatic nitrogens is 4. The average molecular weight is 342 g/mol. The number of imidazole rings is 1. The van der Waals surface area contributed by atoms with Gasteiger partial charge in [0.15, 0.2) is 0 Å². The second kappa shape index (κ2) is 5.97. The van der Waals surface area contributed by atoms with Crippen LogP contribution >= 0.6 is 0 Å². The van der Waals surface area contributed by atoms with Crippen molar-refractivity contribution in [2.45, 2.75) is 31.5 Å². The van der Waals surface area contributed by atoms with E-state index in [2.05, 4.69) is 49.1 Å². The molecule has 0 bridgehead atoms. The number of benzene rings is 1. The average Bonchev–Trinajstić information content (AvgIpc) is 3.40. The van der Waals surface area contributed by atoms with Crippen LogP contribution in [-0.4, -0.2) is 25.6 Å².